The second kappa shape index (κ2) is 12.1. The zero-order valence-electron chi connectivity index (χ0n) is 17.8. The molecule has 0 bridgehead atoms. The van der Waals surface area contributed by atoms with Crippen LogP contribution in [0.3, 0.4) is 0 Å². The van der Waals surface area contributed by atoms with Crippen molar-refractivity contribution in [2.45, 2.75) is 78.3 Å². The molecule has 1 aliphatic heterocycles. The van der Waals surface area contributed by atoms with Crippen LogP contribution in [-0.4, -0.2) is 39.5 Å². The summed E-state index contributed by atoms with van der Waals surface area (Å²) in [5.74, 6) is 4.02. The minimum atomic E-state index is 0. The van der Waals surface area contributed by atoms with Crippen LogP contribution in [0.25, 0.3) is 0 Å². The molecule has 9 heteroatoms. The standard InChI is InChI=1S/C20H33N7O.HI/c1-4-16-15(17(5-2)28-26-16)14-23-20(21-3)22-12-9-11-19-25-24-18-10-7-6-8-13-27(18)19;/h4-14H2,1-3H3,(H2,21,22,23);1H. The van der Waals surface area contributed by atoms with Gasteiger partial charge in [-0.15, -0.1) is 34.2 Å². The Morgan fingerprint density at radius 2 is 2.00 bits per heavy atom. The summed E-state index contributed by atoms with van der Waals surface area (Å²) in [5.41, 5.74) is 2.17. The van der Waals surface area contributed by atoms with E-state index in [1.807, 2.05) is 0 Å². The average molecular weight is 515 g/mol. The highest BCUT2D eigenvalue weighted by Gasteiger charge is 2.15. The minimum absolute atomic E-state index is 0. The van der Waals surface area contributed by atoms with E-state index in [1.165, 1.54) is 19.3 Å². The second-order valence-corrected chi connectivity index (χ2v) is 7.19. The molecule has 3 rings (SSSR count). The molecule has 29 heavy (non-hydrogen) atoms. The maximum absolute atomic E-state index is 5.43. The predicted molar refractivity (Wildman–Crippen MR) is 125 cm³/mol. The lowest BCUT2D eigenvalue weighted by atomic mass is 10.1. The van der Waals surface area contributed by atoms with Crippen LogP contribution >= 0.6 is 24.0 Å². The molecule has 2 aromatic heterocycles. The number of rotatable bonds is 8. The highest BCUT2D eigenvalue weighted by Crippen LogP contribution is 2.16. The number of hydrogen-bond acceptors (Lipinski definition) is 5. The summed E-state index contributed by atoms with van der Waals surface area (Å²) in [5, 5.41) is 19.7. The van der Waals surface area contributed by atoms with Crippen molar-refractivity contribution < 1.29 is 4.52 Å². The van der Waals surface area contributed by atoms with E-state index in [4.69, 9.17) is 4.52 Å². The van der Waals surface area contributed by atoms with Crippen LogP contribution in [0.1, 0.15) is 68.2 Å². The minimum Gasteiger partial charge on any atom is -0.361 e. The Bertz CT molecular complexity index is 762. The number of nitrogens with one attached hydrogen (secondary N) is 2. The number of halogens is 1. The number of aryl methyl sites for hydroxylation is 4. The van der Waals surface area contributed by atoms with Crippen LogP contribution in [0.4, 0.5) is 0 Å². The van der Waals surface area contributed by atoms with Gasteiger partial charge in [0.25, 0.3) is 0 Å². The van der Waals surface area contributed by atoms with Crippen molar-refractivity contribution in [1.82, 2.24) is 30.6 Å². The molecule has 2 aromatic rings. The zero-order chi connectivity index (χ0) is 19.8. The molecule has 0 saturated carbocycles. The first-order valence-electron chi connectivity index (χ1n) is 10.6. The van der Waals surface area contributed by atoms with Gasteiger partial charge in [0.1, 0.15) is 17.4 Å². The Morgan fingerprint density at radius 3 is 2.76 bits per heavy atom. The van der Waals surface area contributed by atoms with E-state index in [2.05, 4.69) is 49.4 Å². The van der Waals surface area contributed by atoms with E-state index in [9.17, 15) is 0 Å². The number of guanidine groups is 1. The van der Waals surface area contributed by atoms with Crippen molar-refractivity contribution in [3.05, 3.63) is 28.7 Å². The number of fused-ring (bicyclic) bond motifs is 1. The summed E-state index contributed by atoms with van der Waals surface area (Å²) < 4.78 is 7.75. The Labute approximate surface area is 190 Å². The molecule has 0 aliphatic carbocycles. The van der Waals surface area contributed by atoms with Gasteiger partial charge in [-0.1, -0.05) is 25.4 Å². The molecule has 8 nitrogen and oxygen atoms in total. The summed E-state index contributed by atoms with van der Waals surface area (Å²) in [6.45, 7) is 6.76. The Morgan fingerprint density at radius 1 is 1.14 bits per heavy atom. The molecule has 2 N–H and O–H groups in total. The van der Waals surface area contributed by atoms with Crippen LogP contribution in [0.2, 0.25) is 0 Å². The number of nitrogens with zero attached hydrogens (tertiary/aromatic N) is 5. The van der Waals surface area contributed by atoms with Crippen molar-refractivity contribution in [2.75, 3.05) is 13.6 Å². The van der Waals surface area contributed by atoms with Crippen molar-refractivity contribution >= 4 is 29.9 Å². The van der Waals surface area contributed by atoms with E-state index in [1.54, 1.807) is 7.05 Å². The number of aromatic nitrogens is 4. The molecule has 0 amide bonds. The summed E-state index contributed by atoms with van der Waals surface area (Å²) in [7, 11) is 1.79. The molecule has 0 saturated heterocycles. The highest BCUT2D eigenvalue weighted by atomic mass is 127. The zero-order valence-corrected chi connectivity index (χ0v) is 20.2. The first kappa shape index (κ1) is 23.6. The van der Waals surface area contributed by atoms with E-state index in [0.717, 1.165) is 79.8 Å². The van der Waals surface area contributed by atoms with Gasteiger partial charge in [0.2, 0.25) is 0 Å². The molecule has 0 aromatic carbocycles. The molecule has 162 valence electrons. The third-order valence-corrected chi connectivity index (χ3v) is 5.32. The van der Waals surface area contributed by atoms with Crippen molar-refractivity contribution in [1.29, 1.82) is 0 Å². The van der Waals surface area contributed by atoms with Crippen molar-refractivity contribution in [3.63, 3.8) is 0 Å². The number of aliphatic imine (C=N–C) groups is 1. The molecule has 0 atom stereocenters. The van der Waals surface area contributed by atoms with Crippen LogP contribution in [-0.2, 0) is 38.8 Å². The fourth-order valence-electron chi connectivity index (χ4n) is 3.71. The molecular formula is C20H34IN7O. The molecule has 0 spiro atoms. The Kier molecular flexibility index (Phi) is 9.89. The van der Waals surface area contributed by atoms with Gasteiger partial charge in [-0.25, -0.2) is 0 Å². The van der Waals surface area contributed by atoms with Crippen molar-refractivity contribution in [2.24, 2.45) is 4.99 Å². The molecular weight excluding hydrogens is 481 g/mol. The highest BCUT2D eigenvalue weighted by molar-refractivity contribution is 14.0. The first-order valence-corrected chi connectivity index (χ1v) is 10.6. The average Bonchev–Trinajstić information content (AvgIpc) is 3.22. The van der Waals surface area contributed by atoms with Gasteiger partial charge in [-0.3, -0.25) is 4.99 Å². The Balaban J connectivity index is 0.00000300. The van der Waals surface area contributed by atoms with Gasteiger partial charge in [0.15, 0.2) is 5.96 Å². The van der Waals surface area contributed by atoms with Crippen LogP contribution < -0.4 is 10.6 Å². The topological polar surface area (TPSA) is 93.2 Å². The fourth-order valence-corrected chi connectivity index (χ4v) is 3.71. The second-order valence-electron chi connectivity index (χ2n) is 7.19. The summed E-state index contributed by atoms with van der Waals surface area (Å²) in [4.78, 5) is 4.33. The smallest absolute Gasteiger partial charge is 0.191 e. The van der Waals surface area contributed by atoms with Gasteiger partial charge in [-0.05, 0) is 25.7 Å². The number of hydrogen-bond donors (Lipinski definition) is 2. The maximum atomic E-state index is 5.43. The quantitative estimate of drug-likeness (QED) is 0.243. The van der Waals surface area contributed by atoms with E-state index >= 15 is 0 Å². The van der Waals surface area contributed by atoms with E-state index in [0.29, 0.717) is 6.54 Å². The lowest BCUT2D eigenvalue weighted by Gasteiger charge is -2.12. The SMILES string of the molecule is CCc1noc(CC)c1CNC(=NC)NCCCc1nnc2n1CCCCC2.I. The van der Waals surface area contributed by atoms with E-state index < -0.39 is 0 Å². The van der Waals surface area contributed by atoms with Gasteiger partial charge in [0.05, 0.1) is 5.69 Å². The summed E-state index contributed by atoms with van der Waals surface area (Å²) in [6.07, 6.45) is 8.45. The summed E-state index contributed by atoms with van der Waals surface area (Å²) >= 11 is 0. The molecule has 3 heterocycles. The van der Waals surface area contributed by atoms with Crippen LogP contribution in [0.15, 0.2) is 9.52 Å². The van der Waals surface area contributed by atoms with Gasteiger partial charge >= 0.3 is 0 Å². The third kappa shape index (κ3) is 6.16. The van der Waals surface area contributed by atoms with Gasteiger partial charge in [0, 0.05) is 51.5 Å². The van der Waals surface area contributed by atoms with Gasteiger partial charge in [-0.2, -0.15) is 0 Å². The third-order valence-electron chi connectivity index (χ3n) is 5.32. The largest absolute Gasteiger partial charge is 0.361 e. The molecule has 0 fully saturated rings. The summed E-state index contributed by atoms with van der Waals surface area (Å²) in [6, 6.07) is 0. The van der Waals surface area contributed by atoms with Crippen LogP contribution in [0, 0.1) is 0 Å². The molecule has 0 radical (unpaired) electrons. The lowest BCUT2D eigenvalue weighted by molar-refractivity contribution is 0.380. The monoisotopic (exact) mass is 515 g/mol. The molecule has 1 aliphatic rings. The fraction of sp³-hybridized carbons (Fsp3) is 0.700. The maximum Gasteiger partial charge on any atom is 0.191 e. The van der Waals surface area contributed by atoms with Crippen molar-refractivity contribution in [3.8, 4) is 0 Å². The van der Waals surface area contributed by atoms with Crippen LogP contribution in [0.5, 0.6) is 0 Å². The Hall–Kier alpha value is -1.65. The lowest BCUT2D eigenvalue weighted by Crippen LogP contribution is -2.37. The normalized spacial score (nSPS) is 14.1. The van der Waals surface area contributed by atoms with Gasteiger partial charge < -0.3 is 19.7 Å². The predicted octanol–water partition coefficient (Wildman–Crippen LogP) is 3.03. The molecule has 0 unspecified atom stereocenters. The van der Waals surface area contributed by atoms with E-state index in [-0.39, 0.29) is 24.0 Å². The first-order chi connectivity index (χ1) is 13.8.